The van der Waals surface area contributed by atoms with Gasteiger partial charge in [0.05, 0.1) is 10.5 Å². The Morgan fingerprint density at radius 3 is 2.46 bits per heavy atom. The van der Waals surface area contributed by atoms with Gasteiger partial charge in [0.15, 0.2) is 10.8 Å². The van der Waals surface area contributed by atoms with Gasteiger partial charge in [0.1, 0.15) is 0 Å². The number of anilines is 2. The predicted octanol–water partition coefficient (Wildman–Crippen LogP) is 3.55. The Hall–Kier alpha value is -3.26. The van der Waals surface area contributed by atoms with Gasteiger partial charge in [-0.25, -0.2) is 4.98 Å². The molecule has 0 atom stereocenters. The summed E-state index contributed by atoms with van der Waals surface area (Å²) in [5, 5.41) is 13.8. The van der Waals surface area contributed by atoms with Crippen molar-refractivity contribution in [3.8, 4) is 11.3 Å². The van der Waals surface area contributed by atoms with E-state index in [9.17, 15) is 14.9 Å². The largest absolute Gasteiger partial charge is 0.398 e. The van der Waals surface area contributed by atoms with Crippen molar-refractivity contribution in [3.63, 3.8) is 0 Å². The Labute approximate surface area is 140 Å². The molecule has 0 bridgehead atoms. The average molecular weight is 340 g/mol. The summed E-state index contributed by atoms with van der Waals surface area (Å²) >= 11 is 0.808. The standard InChI is InChI=1S/C16H12N4O3S/c17-12-9-5-4-8-11(12)14(21)19-16-18-13(15(24-16)20(22)23)10-6-2-1-3-7-10/h1-9H,17H2,(H,18,19,21). The first-order valence-corrected chi connectivity index (χ1v) is 7.74. The molecule has 8 heteroatoms. The molecule has 3 N–H and O–H groups in total. The van der Waals surface area contributed by atoms with Crippen LogP contribution >= 0.6 is 11.3 Å². The lowest BCUT2D eigenvalue weighted by Crippen LogP contribution is -2.13. The summed E-state index contributed by atoms with van der Waals surface area (Å²) in [6.07, 6.45) is 0. The fraction of sp³-hybridized carbons (Fsp3) is 0. The second-order valence-corrected chi connectivity index (χ2v) is 5.81. The fourth-order valence-electron chi connectivity index (χ4n) is 2.14. The number of aromatic nitrogens is 1. The maximum atomic E-state index is 12.3. The highest BCUT2D eigenvalue weighted by Gasteiger charge is 2.24. The number of nitro groups is 1. The number of carbonyl (C=O) groups is 1. The number of thiazole rings is 1. The topological polar surface area (TPSA) is 111 Å². The number of rotatable bonds is 4. The number of carbonyl (C=O) groups excluding carboxylic acids is 1. The molecule has 0 aliphatic heterocycles. The van der Waals surface area contributed by atoms with Crippen molar-refractivity contribution in [2.45, 2.75) is 0 Å². The minimum atomic E-state index is -0.507. The van der Waals surface area contributed by atoms with Crippen molar-refractivity contribution in [2.24, 2.45) is 0 Å². The van der Waals surface area contributed by atoms with Crippen molar-refractivity contribution in [3.05, 3.63) is 70.3 Å². The number of benzene rings is 2. The molecular weight excluding hydrogens is 328 g/mol. The lowest BCUT2D eigenvalue weighted by atomic mass is 10.1. The summed E-state index contributed by atoms with van der Waals surface area (Å²) in [5.74, 6) is -0.462. The zero-order valence-corrected chi connectivity index (χ0v) is 13.1. The molecule has 1 aromatic heterocycles. The van der Waals surface area contributed by atoms with Crippen LogP contribution in [0.5, 0.6) is 0 Å². The molecule has 0 aliphatic rings. The number of nitrogens with zero attached hydrogens (tertiary/aromatic N) is 2. The summed E-state index contributed by atoms with van der Waals surface area (Å²) in [6, 6.07) is 15.4. The van der Waals surface area contributed by atoms with E-state index in [0.717, 1.165) is 11.3 Å². The van der Waals surface area contributed by atoms with Crippen LogP contribution < -0.4 is 11.1 Å². The Morgan fingerprint density at radius 2 is 1.79 bits per heavy atom. The molecular formula is C16H12N4O3S. The van der Waals surface area contributed by atoms with E-state index in [1.165, 1.54) is 0 Å². The van der Waals surface area contributed by atoms with Crippen LogP contribution in [-0.2, 0) is 0 Å². The maximum absolute atomic E-state index is 12.3. The highest BCUT2D eigenvalue weighted by molar-refractivity contribution is 7.19. The molecule has 1 amide bonds. The van der Waals surface area contributed by atoms with Crippen molar-refractivity contribution >= 4 is 33.1 Å². The van der Waals surface area contributed by atoms with Gasteiger partial charge in [-0.3, -0.25) is 20.2 Å². The molecule has 0 spiro atoms. The molecule has 0 saturated carbocycles. The highest BCUT2D eigenvalue weighted by Crippen LogP contribution is 2.37. The van der Waals surface area contributed by atoms with E-state index in [1.54, 1.807) is 48.5 Å². The number of amides is 1. The van der Waals surface area contributed by atoms with Gasteiger partial charge in [-0.05, 0) is 23.5 Å². The molecule has 0 unspecified atom stereocenters. The molecule has 120 valence electrons. The van der Waals surface area contributed by atoms with Crippen LogP contribution in [0.15, 0.2) is 54.6 Å². The molecule has 24 heavy (non-hydrogen) atoms. The monoisotopic (exact) mass is 340 g/mol. The number of para-hydroxylation sites is 1. The van der Waals surface area contributed by atoms with Gasteiger partial charge >= 0.3 is 5.00 Å². The van der Waals surface area contributed by atoms with Gasteiger partial charge in [0.2, 0.25) is 0 Å². The number of nitrogens with one attached hydrogen (secondary N) is 1. The molecule has 0 fully saturated rings. The Balaban J connectivity index is 1.94. The first-order valence-electron chi connectivity index (χ1n) is 6.93. The lowest BCUT2D eigenvalue weighted by molar-refractivity contribution is -0.379. The van der Waals surface area contributed by atoms with E-state index < -0.39 is 10.8 Å². The van der Waals surface area contributed by atoms with Gasteiger partial charge < -0.3 is 5.73 Å². The second-order valence-electron chi connectivity index (χ2n) is 4.84. The minimum Gasteiger partial charge on any atom is -0.398 e. The van der Waals surface area contributed by atoms with Gasteiger partial charge in [-0.1, -0.05) is 42.5 Å². The lowest BCUT2D eigenvalue weighted by Gasteiger charge is -2.04. The highest BCUT2D eigenvalue weighted by atomic mass is 32.1. The van der Waals surface area contributed by atoms with Crippen LogP contribution in [0.1, 0.15) is 10.4 Å². The van der Waals surface area contributed by atoms with Crippen LogP contribution in [0.2, 0.25) is 0 Å². The third-order valence-corrected chi connectivity index (χ3v) is 4.17. The van der Waals surface area contributed by atoms with Gasteiger partial charge in [-0.2, -0.15) is 0 Å². The minimum absolute atomic E-state index is 0.127. The Kier molecular flexibility index (Phi) is 4.21. The molecule has 1 heterocycles. The molecule has 0 radical (unpaired) electrons. The van der Waals surface area contributed by atoms with Crippen LogP contribution in [-0.4, -0.2) is 15.8 Å². The fourth-order valence-corrected chi connectivity index (χ4v) is 2.94. The van der Waals surface area contributed by atoms with Crippen LogP contribution in [0.4, 0.5) is 15.8 Å². The summed E-state index contributed by atoms with van der Waals surface area (Å²) in [6.45, 7) is 0. The molecule has 3 rings (SSSR count). The summed E-state index contributed by atoms with van der Waals surface area (Å²) in [5.41, 5.74) is 7.21. The van der Waals surface area contributed by atoms with E-state index in [2.05, 4.69) is 10.3 Å². The van der Waals surface area contributed by atoms with Crippen molar-refractivity contribution in [1.29, 1.82) is 0 Å². The molecule has 0 saturated heterocycles. The third-order valence-electron chi connectivity index (χ3n) is 3.25. The Bertz CT molecular complexity index is 909. The zero-order chi connectivity index (χ0) is 17.1. The van der Waals surface area contributed by atoms with Crippen molar-refractivity contribution in [1.82, 2.24) is 4.98 Å². The quantitative estimate of drug-likeness (QED) is 0.428. The summed E-state index contributed by atoms with van der Waals surface area (Å²) in [7, 11) is 0. The van der Waals surface area contributed by atoms with Gasteiger partial charge in [-0.15, -0.1) is 0 Å². The molecule has 2 aromatic carbocycles. The second kappa shape index (κ2) is 6.47. The van der Waals surface area contributed by atoms with Crippen molar-refractivity contribution < 1.29 is 9.72 Å². The van der Waals surface area contributed by atoms with E-state index in [0.29, 0.717) is 11.3 Å². The molecule has 0 aliphatic carbocycles. The molecule has 7 nitrogen and oxygen atoms in total. The first kappa shape index (κ1) is 15.6. The van der Waals surface area contributed by atoms with Gasteiger partial charge in [0.25, 0.3) is 5.91 Å². The SMILES string of the molecule is Nc1ccccc1C(=O)Nc1nc(-c2ccccc2)c([N+](=O)[O-])s1. The van der Waals surface area contributed by atoms with Gasteiger partial charge in [0, 0.05) is 11.3 Å². The predicted molar refractivity (Wildman–Crippen MR) is 93.0 cm³/mol. The van der Waals surface area contributed by atoms with E-state index in [-0.39, 0.29) is 21.4 Å². The van der Waals surface area contributed by atoms with E-state index >= 15 is 0 Å². The number of nitrogen functional groups attached to an aromatic ring is 1. The van der Waals surface area contributed by atoms with Crippen LogP contribution in [0.25, 0.3) is 11.3 Å². The smallest absolute Gasteiger partial charge is 0.353 e. The maximum Gasteiger partial charge on any atom is 0.353 e. The first-order chi connectivity index (χ1) is 11.6. The van der Waals surface area contributed by atoms with E-state index in [4.69, 9.17) is 5.73 Å². The molecule has 3 aromatic rings. The normalized spacial score (nSPS) is 10.3. The zero-order valence-electron chi connectivity index (χ0n) is 12.3. The van der Waals surface area contributed by atoms with Crippen LogP contribution in [0, 0.1) is 10.1 Å². The number of hydrogen-bond acceptors (Lipinski definition) is 6. The van der Waals surface area contributed by atoms with Crippen LogP contribution in [0.3, 0.4) is 0 Å². The third kappa shape index (κ3) is 3.08. The summed E-state index contributed by atoms with van der Waals surface area (Å²) < 4.78 is 0. The Morgan fingerprint density at radius 1 is 1.12 bits per heavy atom. The summed E-state index contributed by atoms with van der Waals surface area (Å²) in [4.78, 5) is 27.2. The van der Waals surface area contributed by atoms with E-state index in [1.807, 2.05) is 6.07 Å². The number of nitrogens with two attached hydrogens (primary N) is 1. The number of hydrogen-bond donors (Lipinski definition) is 2. The average Bonchev–Trinajstić information content (AvgIpc) is 3.00. The van der Waals surface area contributed by atoms with Crippen molar-refractivity contribution in [2.75, 3.05) is 11.1 Å².